The molecule has 10 nitrogen and oxygen atoms in total. The van der Waals surface area contributed by atoms with Crippen molar-refractivity contribution >= 4 is 5.91 Å². The normalized spacial score (nSPS) is 18.0. The first kappa shape index (κ1) is 29.0. The van der Waals surface area contributed by atoms with Crippen molar-refractivity contribution in [2.24, 2.45) is 5.73 Å². The van der Waals surface area contributed by atoms with Gasteiger partial charge in [0, 0.05) is 29.9 Å². The van der Waals surface area contributed by atoms with Crippen molar-refractivity contribution in [3.63, 3.8) is 0 Å². The molecule has 0 spiro atoms. The van der Waals surface area contributed by atoms with Crippen LogP contribution >= 0.6 is 0 Å². The number of halogens is 4. The molecule has 2 atom stereocenters. The van der Waals surface area contributed by atoms with Crippen LogP contribution in [0.2, 0.25) is 0 Å². The van der Waals surface area contributed by atoms with E-state index in [1.165, 1.54) is 12.1 Å². The summed E-state index contributed by atoms with van der Waals surface area (Å²) in [6.07, 6.45) is -4.19. The van der Waals surface area contributed by atoms with Gasteiger partial charge in [-0.1, -0.05) is 0 Å². The molecular weight excluding hydrogens is 540 g/mol. The summed E-state index contributed by atoms with van der Waals surface area (Å²) < 4.78 is 68.5. The molecule has 214 valence electrons. The summed E-state index contributed by atoms with van der Waals surface area (Å²) in [5.41, 5.74) is 0.298. The van der Waals surface area contributed by atoms with Crippen LogP contribution in [0.5, 0.6) is 11.6 Å². The van der Waals surface area contributed by atoms with Gasteiger partial charge < -0.3 is 35.7 Å². The minimum absolute atomic E-state index is 0.0509. The van der Waals surface area contributed by atoms with Gasteiger partial charge in [0.1, 0.15) is 35.7 Å². The standard InChI is InChI=1S/C26H26F4N4O6/c1-24(31)13-40-22-17(24)8-19(34-21(22)14-2-4-15(27)5-3-14)25(12-36,26(28,29)30)11-33-23(38)16-10-32-20(9-18(16)37)39-7-6-35/h2-5,8-10,35-36H,6-7,11-13,31H2,1H3,(H,32,37)(H,33,38). The molecular formula is C26H26F4N4O6. The van der Waals surface area contributed by atoms with Gasteiger partial charge in [0.2, 0.25) is 0 Å². The molecule has 4 rings (SSSR count). The van der Waals surface area contributed by atoms with E-state index >= 15 is 0 Å². The number of aromatic nitrogens is 2. The lowest BCUT2D eigenvalue weighted by Gasteiger charge is -2.34. The Labute approximate surface area is 224 Å². The molecule has 0 radical (unpaired) electrons. The SMILES string of the molecule is CC1(N)COc2c1cc(C(CO)(CNC(=O)c1c[nH]c(OCCO)cc1=O)C(F)(F)F)nc2-c1ccc(F)cc1. The number of carbonyl (C=O) groups is 1. The molecule has 1 aromatic carbocycles. The maximum absolute atomic E-state index is 14.7. The number of H-pyrrole nitrogens is 1. The Morgan fingerprint density at radius 2 is 1.95 bits per heavy atom. The average molecular weight is 567 g/mol. The number of hydrogen-bond acceptors (Lipinski definition) is 8. The van der Waals surface area contributed by atoms with Gasteiger partial charge in [0.15, 0.2) is 17.1 Å². The van der Waals surface area contributed by atoms with Gasteiger partial charge in [-0.25, -0.2) is 9.37 Å². The molecule has 1 amide bonds. The van der Waals surface area contributed by atoms with Gasteiger partial charge in [-0.3, -0.25) is 9.59 Å². The van der Waals surface area contributed by atoms with Crippen LogP contribution in [-0.2, 0) is 11.0 Å². The molecule has 2 aromatic heterocycles. The molecule has 6 N–H and O–H groups in total. The molecule has 1 aliphatic heterocycles. The number of rotatable bonds is 9. The summed E-state index contributed by atoms with van der Waals surface area (Å²) in [6, 6.07) is 6.82. The van der Waals surface area contributed by atoms with E-state index in [0.29, 0.717) is 0 Å². The van der Waals surface area contributed by atoms with Crippen molar-refractivity contribution in [1.82, 2.24) is 15.3 Å². The number of fused-ring (bicyclic) bond motifs is 1. The first-order valence-corrected chi connectivity index (χ1v) is 12.0. The topological polar surface area (TPSA) is 160 Å². The molecule has 2 unspecified atom stereocenters. The van der Waals surface area contributed by atoms with Gasteiger partial charge in [-0.05, 0) is 37.3 Å². The monoisotopic (exact) mass is 566 g/mol. The van der Waals surface area contributed by atoms with Crippen LogP contribution in [0.15, 0.2) is 47.4 Å². The zero-order chi connectivity index (χ0) is 29.3. The zero-order valence-corrected chi connectivity index (χ0v) is 21.1. The zero-order valence-electron chi connectivity index (χ0n) is 21.1. The number of alkyl halides is 3. The molecule has 3 aromatic rings. The largest absolute Gasteiger partial charge is 0.489 e. The molecule has 14 heteroatoms. The summed E-state index contributed by atoms with van der Waals surface area (Å²) in [5.74, 6) is -1.66. The number of carbonyl (C=O) groups excluding carboxylic acids is 1. The summed E-state index contributed by atoms with van der Waals surface area (Å²) >= 11 is 0. The van der Waals surface area contributed by atoms with E-state index < -0.39 is 58.7 Å². The van der Waals surface area contributed by atoms with E-state index in [-0.39, 0.29) is 48.3 Å². The first-order valence-electron chi connectivity index (χ1n) is 12.0. The second-order valence-electron chi connectivity index (χ2n) is 9.51. The number of hydrogen-bond donors (Lipinski definition) is 5. The second-order valence-corrected chi connectivity index (χ2v) is 9.51. The van der Waals surface area contributed by atoms with Crippen LogP contribution in [-0.4, -0.2) is 65.2 Å². The molecule has 0 bridgehead atoms. The maximum atomic E-state index is 14.7. The summed E-state index contributed by atoms with van der Waals surface area (Å²) in [7, 11) is 0. The fourth-order valence-corrected chi connectivity index (χ4v) is 4.21. The van der Waals surface area contributed by atoms with Gasteiger partial charge in [0.25, 0.3) is 5.91 Å². The number of nitrogens with two attached hydrogens (primary N) is 1. The highest BCUT2D eigenvalue weighted by atomic mass is 19.4. The number of nitrogens with one attached hydrogen (secondary N) is 2. The van der Waals surface area contributed by atoms with Crippen LogP contribution in [0.1, 0.15) is 28.5 Å². The third kappa shape index (κ3) is 5.37. The van der Waals surface area contributed by atoms with Crippen LogP contribution in [0.3, 0.4) is 0 Å². The van der Waals surface area contributed by atoms with Crippen LogP contribution in [0, 0.1) is 5.82 Å². The van der Waals surface area contributed by atoms with Crippen molar-refractivity contribution in [3.05, 3.63) is 75.5 Å². The highest BCUT2D eigenvalue weighted by Gasteiger charge is 2.58. The van der Waals surface area contributed by atoms with Crippen molar-refractivity contribution in [3.8, 4) is 22.9 Å². The lowest BCUT2D eigenvalue weighted by molar-refractivity contribution is -0.200. The number of aromatic amines is 1. The van der Waals surface area contributed by atoms with Gasteiger partial charge in [-0.15, -0.1) is 0 Å². The lowest BCUT2D eigenvalue weighted by Crippen LogP contribution is -2.54. The number of pyridine rings is 2. The van der Waals surface area contributed by atoms with E-state index in [4.69, 9.17) is 20.3 Å². The van der Waals surface area contributed by atoms with Crippen LogP contribution < -0.4 is 26.0 Å². The second kappa shape index (κ2) is 10.9. The Balaban J connectivity index is 1.76. The smallest absolute Gasteiger partial charge is 0.403 e. The Bertz CT molecular complexity index is 1460. The van der Waals surface area contributed by atoms with E-state index in [9.17, 15) is 32.3 Å². The molecule has 3 heterocycles. The molecule has 0 fully saturated rings. The average Bonchev–Trinajstić information content (AvgIpc) is 3.21. The summed E-state index contributed by atoms with van der Waals surface area (Å²) in [6.45, 7) is -1.69. The maximum Gasteiger partial charge on any atom is 0.403 e. The number of amides is 1. The van der Waals surface area contributed by atoms with E-state index in [1.807, 2.05) is 0 Å². The molecule has 1 aliphatic rings. The van der Waals surface area contributed by atoms with E-state index in [2.05, 4.69) is 15.3 Å². The molecule has 0 saturated carbocycles. The van der Waals surface area contributed by atoms with Gasteiger partial charge >= 0.3 is 6.18 Å². The number of ether oxygens (including phenoxy) is 2. The Morgan fingerprint density at radius 1 is 1.25 bits per heavy atom. The third-order valence-corrected chi connectivity index (χ3v) is 6.56. The highest BCUT2D eigenvalue weighted by Crippen LogP contribution is 2.47. The number of aliphatic hydroxyl groups is 2. The van der Waals surface area contributed by atoms with Crippen molar-refractivity contribution in [1.29, 1.82) is 0 Å². The predicted octanol–water partition coefficient (Wildman–Crippen LogP) is 1.74. The van der Waals surface area contributed by atoms with E-state index in [1.54, 1.807) is 6.92 Å². The summed E-state index contributed by atoms with van der Waals surface area (Å²) in [4.78, 5) is 31.8. The minimum atomic E-state index is -5.14. The summed E-state index contributed by atoms with van der Waals surface area (Å²) in [5, 5.41) is 21.1. The molecule has 0 saturated heterocycles. The van der Waals surface area contributed by atoms with E-state index in [0.717, 1.165) is 30.5 Å². The first-order chi connectivity index (χ1) is 18.8. The lowest BCUT2D eigenvalue weighted by atomic mass is 9.81. The third-order valence-electron chi connectivity index (χ3n) is 6.56. The Kier molecular flexibility index (Phi) is 7.87. The Morgan fingerprint density at radius 3 is 2.55 bits per heavy atom. The fourth-order valence-electron chi connectivity index (χ4n) is 4.21. The number of nitrogens with zero attached hydrogens (tertiary/aromatic N) is 1. The predicted molar refractivity (Wildman–Crippen MR) is 133 cm³/mol. The van der Waals surface area contributed by atoms with Crippen LogP contribution in [0.4, 0.5) is 17.6 Å². The minimum Gasteiger partial charge on any atom is -0.489 e. The quantitative estimate of drug-likeness (QED) is 0.245. The fraction of sp³-hybridized carbons (Fsp3) is 0.346. The van der Waals surface area contributed by atoms with Gasteiger partial charge in [0.05, 0.1) is 24.4 Å². The molecule has 40 heavy (non-hydrogen) atoms. The van der Waals surface area contributed by atoms with Crippen molar-refractivity contribution in [2.45, 2.75) is 24.1 Å². The Hall–Kier alpha value is -4.01. The highest BCUT2D eigenvalue weighted by molar-refractivity contribution is 5.93. The van der Waals surface area contributed by atoms with Gasteiger partial charge in [-0.2, -0.15) is 13.2 Å². The van der Waals surface area contributed by atoms with Crippen molar-refractivity contribution < 1.29 is 42.0 Å². The van der Waals surface area contributed by atoms with Crippen LogP contribution in [0.25, 0.3) is 11.3 Å². The number of aliphatic hydroxyl groups excluding tert-OH is 2. The number of benzene rings is 1. The van der Waals surface area contributed by atoms with Crippen molar-refractivity contribution in [2.75, 3.05) is 33.0 Å². The molecule has 0 aliphatic carbocycles.